The van der Waals surface area contributed by atoms with E-state index in [-0.39, 0.29) is 0 Å². The molecule has 0 spiro atoms. The molecule has 0 unspecified atom stereocenters. The first-order valence-electron chi connectivity index (χ1n) is 7.81. The monoisotopic (exact) mass is 354 g/mol. The molecule has 2 rings (SSSR count). The van der Waals surface area contributed by atoms with E-state index in [1.54, 1.807) is 13.0 Å². The highest BCUT2D eigenvalue weighted by Crippen LogP contribution is 2.35. The maximum absolute atomic E-state index is 13.8. The van der Waals surface area contributed by atoms with Gasteiger partial charge in [0.1, 0.15) is 5.67 Å². The number of sulfonamides is 1. The Morgan fingerprint density at radius 2 is 2.12 bits per heavy atom. The van der Waals surface area contributed by atoms with Crippen LogP contribution in [-0.4, -0.2) is 26.2 Å². The molecule has 0 aromatic carbocycles. The second-order valence-corrected chi connectivity index (χ2v) is 7.87. The lowest BCUT2D eigenvalue weighted by Gasteiger charge is -2.29. The van der Waals surface area contributed by atoms with Crippen LogP contribution < -0.4 is 9.46 Å². The van der Waals surface area contributed by atoms with Crippen molar-refractivity contribution in [3.05, 3.63) is 35.9 Å². The molecule has 1 aromatic heterocycles. The van der Waals surface area contributed by atoms with E-state index < -0.39 is 15.7 Å². The van der Waals surface area contributed by atoms with Crippen molar-refractivity contribution >= 4 is 21.8 Å². The lowest BCUT2D eigenvalue weighted by Crippen LogP contribution is -2.25. The summed E-state index contributed by atoms with van der Waals surface area (Å²) in [5.74, 6) is 0.700. The molecule has 0 amide bonds. The summed E-state index contributed by atoms with van der Waals surface area (Å²) < 4.78 is 44.5. The van der Waals surface area contributed by atoms with Gasteiger partial charge in [-0.1, -0.05) is 18.7 Å². The number of aromatic nitrogens is 1. The number of pyridine rings is 1. The lowest BCUT2D eigenvalue weighted by molar-refractivity contribution is 0.114. The van der Waals surface area contributed by atoms with Crippen LogP contribution in [0.25, 0.3) is 6.08 Å². The van der Waals surface area contributed by atoms with Gasteiger partial charge in [-0.15, -0.1) is 0 Å². The number of nitrogens with zero attached hydrogens (tertiary/aromatic N) is 1. The maximum Gasteiger partial charge on any atom is 0.254 e. The van der Waals surface area contributed by atoms with Crippen molar-refractivity contribution in [2.75, 3.05) is 11.8 Å². The molecule has 1 aliphatic carbocycles. The Bertz CT molecular complexity index is 719. The van der Waals surface area contributed by atoms with Crippen LogP contribution in [0.2, 0.25) is 0 Å². The number of alkyl halides is 1. The van der Waals surface area contributed by atoms with Crippen molar-refractivity contribution in [2.45, 2.75) is 38.3 Å². The van der Waals surface area contributed by atoms with Gasteiger partial charge in [-0.3, -0.25) is 4.72 Å². The van der Waals surface area contributed by atoms with E-state index in [1.807, 2.05) is 12.2 Å². The van der Waals surface area contributed by atoms with E-state index in [0.29, 0.717) is 35.9 Å². The third-order valence-electron chi connectivity index (χ3n) is 4.17. The zero-order chi connectivity index (χ0) is 17.8. The first kappa shape index (κ1) is 18.4. The first-order chi connectivity index (χ1) is 11.2. The molecule has 1 heterocycles. The van der Waals surface area contributed by atoms with Gasteiger partial charge in [0.2, 0.25) is 5.88 Å². The first-order valence-corrected chi connectivity index (χ1v) is 9.36. The van der Waals surface area contributed by atoms with Gasteiger partial charge in [-0.05, 0) is 44.6 Å². The Labute approximate surface area is 142 Å². The normalized spacial score (nSPS) is 24.7. The van der Waals surface area contributed by atoms with Crippen molar-refractivity contribution in [1.82, 2.24) is 4.98 Å². The number of hydrogen-bond acceptors (Lipinski definition) is 4. The second kappa shape index (κ2) is 7.34. The SMILES string of the molecule is C=CS(=O)(=O)Nc1cnc(OC)c(/C=C/C2CCC(C)(F)CC2)c1. The Balaban J connectivity index is 2.16. The summed E-state index contributed by atoms with van der Waals surface area (Å²) in [4.78, 5) is 4.11. The van der Waals surface area contributed by atoms with Gasteiger partial charge in [0.05, 0.1) is 19.0 Å². The van der Waals surface area contributed by atoms with E-state index in [2.05, 4.69) is 16.3 Å². The van der Waals surface area contributed by atoms with Crippen LogP contribution in [-0.2, 0) is 10.0 Å². The summed E-state index contributed by atoms with van der Waals surface area (Å²) in [5.41, 5.74) is -0.0717. The molecule has 0 radical (unpaired) electrons. The minimum Gasteiger partial charge on any atom is -0.481 e. The molecule has 0 bridgehead atoms. The van der Waals surface area contributed by atoms with Crippen LogP contribution in [0.4, 0.5) is 10.1 Å². The predicted octanol–water partition coefficient (Wildman–Crippen LogP) is 3.91. The van der Waals surface area contributed by atoms with Gasteiger partial charge in [0.15, 0.2) is 0 Å². The summed E-state index contributed by atoms with van der Waals surface area (Å²) in [6, 6.07) is 1.64. The number of allylic oxidation sites excluding steroid dienone is 1. The quantitative estimate of drug-likeness (QED) is 0.841. The highest BCUT2D eigenvalue weighted by molar-refractivity contribution is 7.95. The number of anilines is 1. The van der Waals surface area contributed by atoms with Crippen LogP contribution >= 0.6 is 0 Å². The minimum absolute atomic E-state index is 0.298. The van der Waals surface area contributed by atoms with E-state index in [4.69, 9.17) is 4.74 Å². The summed E-state index contributed by atoms with van der Waals surface area (Å²) in [6.07, 6.45) is 7.94. The third kappa shape index (κ3) is 5.06. The Morgan fingerprint density at radius 3 is 2.71 bits per heavy atom. The smallest absolute Gasteiger partial charge is 0.254 e. The van der Waals surface area contributed by atoms with E-state index in [1.165, 1.54) is 13.3 Å². The molecule has 0 atom stereocenters. The van der Waals surface area contributed by atoms with Gasteiger partial charge in [-0.2, -0.15) is 0 Å². The second-order valence-electron chi connectivity index (χ2n) is 6.25. The topological polar surface area (TPSA) is 68.3 Å². The van der Waals surface area contributed by atoms with Crippen molar-refractivity contribution in [2.24, 2.45) is 5.92 Å². The van der Waals surface area contributed by atoms with Gasteiger partial charge in [0.25, 0.3) is 10.0 Å². The van der Waals surface area contributed by atoms with E-state index in [0.717, 1.165) is 18.2 Å². The molecule has 132 valence electrons. The number of hydrogen-bond donors (Lipinski definition) is 1. The molecule has 0 aliphatic heterocycles. The summed E-state index contributed by atoms with van der Waals surface area (Å²) in [5, 5.41) is 0.836. The Kier molecular flexibility index (Phi) is 5.64. The number of nitrogens with one attached hydrogen (secondary N) is 1. The van der Waals surface area contributed by atoms with Crippen molar-refractivity contribution < 1.29 is 17.5 Å². The number of ether oxygens (including phenoxy) is 1. The molecular weight excluding hydrogens is 331 g/mol. The number of methoxy groups -OCH3 is 1. The van der Waals surface area contributed by atoms with Gasteiger partial charge < -0.3 is 4.74 Å². The number of rotatable bonds is 6. The highest BCUT2D eigenvalue weighted by Gasteiger charge is 2.29. The molecule has 5 nitrogen and oxygen atoms in total. The van der Waals surface area contributed by atoms with Crippen LogP contribution in [0, 0.1) is 5.92 Å². The highest BCUT2D eigenvalue weighted by atomic mass is 32.2. The summed E-state index contributed by atoms with van der Waals surface area (Å²) >= 11 is 0. The Hall–Kier alpha value is -1.89. The maximum atomic E-state index is 13.8. The summed E-state index contributed by atoms with van der Waals surface area (Å²) in [7, 11) is -2.09. The zero-order valence-electron chi connectivity index (χ0n) is 14.0. The fraction of sp³-hybridized carbons (Fsp3) is 0.471. The van der Waals surface area contributed by atoms with Crippen molar-refractivity contribution in [3.63, 3.8) is 0 Å². The largest absolute Gasteiger partial charge is 0.481 e. The average Bonchev–Trinajstić information content (AvgIpc) is 2.54. The molecule has 1 saturated carbocycles. The number of halogens is 1. The van der Waals surface area contributed by atoms with Crippen molar-refractivity contribution in [1.29, 1.82) is 0 Å². The molecule has 0 saturated heterocycles. The fourth-order valence-electron chi connectivity index (χ4n) is 2.70. The fourth-order valence-corrected chi connectivity index (χ4v) is 3.22. The van der Waals surface area contributed by atoms with Crippen LogP contribution in [0.1, 0.15) is 38.2 Å². The third-order valence-corrected chi connectivity index (χ3v) is 5.13. The van der Waals surface area contributed by atoms with Gasteiger partial charge in [-0.25, -0.2) is 17.8 Å². The molecule has 1 aromatic rings. The molecular formula is C17H23FN2O3S. The van der Waals surface area contributed by atoms with Crippen LogP contribution in [0.3, 0.4) is 0 Å². The molecule has 1 aliphatic rings. The van der Waals surface area contributed by atoms with E-state index >= 15 is 0 Å². The average molecular weight is 354 g/mol. The Morgan fingerprint density at radius 1 is 1.46 bits per heavy atom. The molecule has 7 heteroatoms. The van der Waals surface area contributed by atoms with Crippen LogP contribution in [0.5, 0.6) is 5.88 Å². The van der Waals surface area contributed by atoms with Crippen molar-refractivity contribution in [3.8, 4) is 5.88 Å². The zero-order valence-corrected chi connectivity index (χ0v) is 14.8. The molecule has 1 N–H and O–H groups in total. The van der Waals surface area contributed by atoms with E-state index in [9.17, 15) is 12.8 Å². The molecule has 24 heavy (non-hydrogen) atoms. The standard InChI is InChI=1S/C17H23FN2O3S/c1-4-24(21,22)20-15-11-14(16(23-3)19-12-15)6-5-13-7-9-17(2,18)10-8-13/h4-6,11-13,20H,1,7-10H2,2-3H3/b6-5+. The summed E-state index contributed by atoms with van der Waals surface area (Å²) in [6.45, 7) is 4.90. The van der Waals surface area contributed by atoms with Crippen LogP contribution in [0.15, 0.2) is 30.3 Å². The predicted molar refractivity (Wildman–Crippen MR) is 94.0 cm³/mol. The van der Waals surface area contributed by atoms with Gasteiger partial charge >= 0.3 is 0 Å². The van der Waals surface area contributed by atoms with Gasteiger partial charge in [0, 0.05) is 11.0 Å². The molecule has 1 fully saturated rings. The minimum atomic E-state index is -3.59. The lowest BCUT2D eigenvalue weighted by atomic mass is 9.81.